The number of para-hydroxylation sites is 1. The van der Waals surface area contributed by atoms with Crippen molar-refractivity contribution in [2.75, 3.05) is 19.3 Å². The van der Waals surface area contributed by atoms with Gasteiger partial charge in [-0.25, -0.2) is 17.7 Å². The van der Waals surface area contributed by atoms with Crippen molar-refractivity contribution >= 4 is 26.9 Å². The van der Waals surface area contributed by atoms with Crippen molar-refractivity contribution in [3.63, 3.8) is 0 Å². The van der Waals surface area contributed by atoms with Crippen LogP contribution < -0.4 is 5.56 Å². The normalized spacial score (nSPS) is 17.9. The number of carbonyl (C=O) groups excluding carboxylic acids is 1. The Morgan fingerprint density at radius 1 is 1.31 bits per heavy atom. The lowest BCUT2D eigenvalue weighted by Gasteiger charge is -2.29. The average Bonchev–Trinajstić information content (AvgIpc) is 2.61. The number of fused-ring (bicyclic) bond motifs is 1. The molecule has 1 aliphatic heterocycles. The minimum atomic E-state index is -3.24. The zero-order valence-corrected chi connectivity index (χ0v) is 15.5. The molecular weight excluding hydrogens is 358 g/mol. The number of aromatic nitrogens is 2. The molecule has 1 aromatic carbocycles. The second kappa shape index (κ2) is 7.16. The highest BCUT2D eigenvalue weighted by atomic mass is 32.2. The van der Waals surface area contributed by atoms with E-state index in [4.69, 9.17) is 4.74 Å². The second-order valence-corrected chi connectivity index (χ2v) is 8.47. The first-order valence-electron chi connectivity index (χ1n) is 8.40. The van der Waals surface area contributed by atoms with Crippen molar-refractivity contribution in [1.29, 1.82) is 0 Å². The molecule has 0 saturated carbocycles. The van der Waals surface area contributed by atoms with Gasteiger partial charge in [0, 0.05) is 13.1 Å². The van der Waals surface area contributed by atoms with E-state index in [1.165, 1.54) is 4.31 Å². The summed E-state index contributed by atoms with van der Waals surface area (Å²) >= 11 is 0. The van der Waals surface area contributed by atoms with Gasteiger partial charge in [-0.2, -0.15) is 0 Å². The molecule has 2 heterocycles. The van der Waals surface area contributed by atoms with E-state index in [1.807, 2.05) is 0 Å². The molecule has 9 heteroatoms. The molecule has 1 N–H and O–H groups in total. The van der Waals surface area contributed by atoms with E-state index in [1.54, 1.807) is 31.2 Å². The third-order valence-electron chi connectivity index (χ3n) is 4.57. The number of carbonyl (C=O) groups is 1. The Labute approximate surface area is 151 Å². The van der Waals surface area contributed by atoms with E-state index in [9.17, 15) is 18.0 Å². The second-order valence-electron chi connectivity index (χ2n) is 6.48. The van der Waals surface area contributed by atoms with E-state index < -0.39 is 22.1 Å². The van der Waals surface area contributed by atoms with E-state index >= 15 is 0 Å². The Hall–Kier alpha value is -2.26. The number of piperidine rings is 1. The van der Waals surface area contributed by atoms with Gasteiger partial charge in [0.25, 0.3) is 5.56 Å². The molecule has 1 atom stereocenters. The molecule has 1 saturated heterocycles. The van der Waals surface area contributed by atoms with Crippen molar-refractivity contribution in [2.45, 2.75) is 25.9 Å². The van der Waals surface area contributed by atoms with E-state index in [2.05, 4.69) is 9.97 Å². The number of H-pyrrole nitrogens is 1. The first-order valence-corrected chi connectivity index (χ1v) is 10.2. The van der Waals surface area contributed by atoms with Gasteiger partial charge in [0.15, 0.2) is 11.9 Å². The molecule has 0 radical (unpaired) electrons. The quantitative estimate of drug-likeness (QED) is 0.800. The van der Waals surface area contributed by atoms with Gasteiger partial charge in [-0.3, -0.25) is 9.59 Å². The number of hydrogen-bond donors (Lipinski definition) is 1. The molecule has 2 aromatic rings. The first-order chi connectivity index (χ1) is 12.3. The predicted molar refractivity (Wildman–Crippen MR) is 96.0 cm³/mol. The van der Waals surface area contributed by atoms with Crippen LogP contribution in [-0.4, -0.2) is 48.0 Å². The Kier molecular flexibility index (Phi) is 5.10. The van der Waals surface area contributed by atoms with Gasteiger partial charge in [-0.15, -0.1) is 0 Å². The molecule has 1 aliphatic rings. The number of aromatic amines is 1. The monoisotopic (exact) mass is 379 g/mol. The molecule has 1 unspecified atom stereocenters. The van der Waals surface area contributed by atoms with Gasteiger partial charge in [-0.05, 0) is 31.9 Å². The largest absolute Gasteiger partial charge is 0.454 e. The van der Waals surface area contributed by atoms with Gasteiger partial charge >= 0.3 is 5.97 Å². The number of sulfonamides is 1. The molecule has 1 aromatic heterocycles. The van der Waals surface area contributed by atoms with Crippen LogP contribution >= 0.6 is 0 Å². The maximum absolute atomic E-state index is 12.4. The first kappa shape index (κ1) is 18.5. The van der Waals surface area contributed by atoms with E-state index in [0.717, 1.165) is 6.26 Å². The highest BCUT2D eigenvalue weighted by Crippen LogP contribution is 2.23. The summed E-state index contributed by atoms with van der Waals surface area (Å²) in [6.07, 6.45) is 1.29. The van der Waals surface area contributed by atoms with Crippen molar-refractivity contribution in [3.05, 3.63) is 40.4 Å². The fourth-order valence-corrected chi connectivity index (χ4v) is 3.92. The van der Waals surface area contributed by atoms with Gasteiger partial charge in [0.1, 0.15) is 0 Å². The van der Waals surface area contributed by atoms with Gasteiger partial charge in [-0.1, -0.05) is 12.1 Å². The molecule has 1 fully saturated rings. The lowest BCUT2D eigenvalue weighted by atomic mass is 9.98. The third kappa shape index (κ3) is 3.94. The topological polar surface area (TPSA) is 109 Å². The number of hydrogen-bond acceptors (Lipinski definition) is 6. The summed E-state index contributed by atoms with van der Waals surface area (Å²) in [6, 6.07) is 6.94. The summed E-state index contributed by atoms with van der Waals surface area (Å²) in [5.74, 6) is -0.472. The van der Waals surface area contributed by atoms with Crippen LogP contribution in [0.25, 0.3) is 10.9 Å². The average molecular weight is 379 g/mol. The highest BCUT2D eigenvalue weighted by molar-refractivity contribution is 7.88. The highest BCUT2D eigenvalue weighted by Gasteiger charge is 2.31. The number of benzene rings is 1. The van der Waals surface area contributed by atoms with Crippen LogP contribution in [-0.2, 0) is 19.6 Å². The smallest absolute Gasteiger partial charge is 0.309 e. The maximum atomic E-state index is 12.4. The minimum absolute atomic E-state index is 0.282. The molecule has 3 rings (SSSR count). The van der Waals surface area contributed by atoms with Crippen molar-refractivity contribution in [1.82, 2.24) is 14.3 Å². The van der Waals surface area contributed by atoms with Crippen molar-refractivity contribution in [3.8, 4) is 0 Å². The lowest BCUT2D eigenvalue weighted by molar-refractivity contribution is -0.155. The summed E-state index contributed by atoms with van der Waals surface area (Å²) in [6.45, 7) is 2.26. The van der Waals surface area contributed by atoms with Gasteiger partial charge < -0.3 is 9.72 Å². The van der Waals surface area contributed by atoms with Crippen LogP contribution in [0.3, 0.4) is 0 Å². The summed E-state index contributed by atoms with van der Waals surface area (Å²) in [5.41, 5.74) is 0.255. The van der Waals surface area contributed by atoms with E-state index in [0.29, 0.717) is 36.8 Å². The van der Waals surface area contributed by atoms with Crippen molar-refractivity contribution in [2.24, 2.45) is 5.92 Å². The van der Waals surface area contributed by atoms with Crippen LogP contribution in [0.1, 0.15) is 31.7 Å². The molecule has 0 aliphatic carbocycles. The molecule has 140 valence electrons. The fraction of sp³-hybridized carbons (Fsp3) is 0.471. The summed E-state index contributed by atoms with van der Waals surface area (Å²) in [5, 5.41) is 0.475. The molecular formula is C17H21N3O5S. The third-order valence-corrected chi connectivity index (χ3v) is 5.87. The predicted octanol–water partition coefficient (Wildman–Crippen LogP) is 1.20. The molecule has 0 bridgehead atoms. The number of rotatable bonds is 4. The zero-order valence-electron chi connectivity index (χ0n) is 14.6. The SMILES string of the molecule is CC(OC(=O)C1CCN(S(C)(=O)=O)CC1)c1nc2ccccc2c(=O)[nH]1. The van der Waals surface area contributed by atoms with Crippen molar-refractivity contribution < 1.29 is 17.9 Å². The van der Waals surface area contributed by atoms with Gasteiger partial charge in [0.2, 0.25) is 10.0 Å². The van der Waals surface area contributed by atoms with Crippen LogP contribution in [0.2, 0.25) is 0 Å². The van der Waals surface area contributed by atoms with E-state index in [-0.39, 0.29) is 17.3 Å². The summed E-state index contributed by atoms with van der Waals surface area (Å²) in [4.78, 5) is 31.5. The maximum Gasteiger partial charge on any atom is 0.309 e. The summed E-state index contributed by atoms with van der Waals surface area (Å²) < 4.78 is 29.9. The Morgan fingerprint density at radius 3 is 2.62 bits per heavy atom. The molecule has 0 spiro atoms. The fourth-order valence-electron chi connectivity index (χ4n) is 3.05. The lowest BCUT2D eigenvalue weighted by Crippen LogP contribution is -2.40. The molecule has 26 heavy (non-hydrogen) atoms. The van der Waals surface area contributed by atoms with Crippen LogP contribution in [0.15, 0.2) is 29.1 Å². The molecule has 0 amide bonds. The number of nitrogens with zero attached hydrogens (tertiary/aromatic N) is 2. The van der Waals surface area contributed by atoms with Crippen LogP contribution in [0, 0.1) is 5.92 Å². The Morgan fingerprint density at radius 2 is 1.96 bits per heavy atom. The Bertz CT molecular complexity index is 977. The number of nitrogens with one attached hydrogen (secondary N) is 1. The summed E-state index contributed by atoms with van der Waals surface area (Å²) in [7, 11) is -3.24. The number of ether oxygens (including phenoxy) is 1. The Balaban J connectivity index is 1.68. The molecule has 8 nitrogen and oxygen atoms in total. The number of esters is 1. The van der Waals surface area contributed by atoms with Crippen LogP contribution in [0.5, 0.6) is 0 Å². The minimum Gasteiger partial charge on any atom is -0.454 e. The zero-order chi connectivity index (χ0) is 18.9. The van der Waals surface area contributed by atoms with Crippen LogP contribution in [0.4, 0.5) is 0 Å². The standard InChI is InChI=1S/C17H21N3O5S/c1-11(15-18-14-6-4-3-5-13(14)16(21)19-15)25-17(22)12-7-9-20(10-8-12)26(2,23)24/h3-6,11-12H,7-10H2,1-2H3,(H,18,19,21). The van der Waals surface area contributed by atoms with Gasteiger partial charge in [0.05, 0.1) is 23.1 Å².